The van der Waals surface area contributed by atoms with Crippen molar-refractivity contribution in [2.75, 3.05) is 0 Å². The highest BCUT2D eigenvalue weighted by molar-refractivity contribution is 5.45. The van der Waals surface area contributed by atoms with E-state index in [1.165, 1.54) is 68.1 Å². The molecule has 1 aromatic rings. The fraction of sp³-hybridized carbons (Fsp3) is 0.714. The molecular weight excluding hydrogens is 268 g/mol. The lowest BCUT2D eigenvalue weighted by Gasteiger charge is -2.16. The van der Waals surface area contributed by atoms with Gasteiger partial charge in [-0.25, -0.2) is 0 Å². The summed E-state index contributed by atoms with van der Waals surface area (Å²) in [6, 6.07) is 4.05. The molecule has 1 aromatic carbocycles. The van der Waals surface area contributed by atoms with Crippen LogP contribution in [0.1, 0.15) is 95.2 Å². The van der Waals surface area contributed by atoms with E-state index >= 15 is 0 Å². The second-order valence-corrected chi connectivity index (χ2v) is 6.57. The first-order valence-corrected chi connectivity index (χ1v) is 9.57. The van der Waals surface area contributed by atoms with Crippen molar-refractivity contribution < 1.29 is 5.11 Å². The number of aryl methyl sites for hydroxylation is 1. The molecule has 0 aliphatic heterocycles. The van der Waals surface area contributed by atoms with E-state index < -0.39 is 0 Å². The molecule has 1 rings (SSSR count). The number of rotatable bonds is 12. The van der Waals surface area contributed by atoms with E-state index in [9.17, 15) is 5.11 Å². The Morgan fingerprint density at radius 1 is 0.636 bits per heavy atom. The molecular formula is C21H36O. The molecule has 0 aliphatic carbocycles. The summed E-state index contributed by atoms with van der Waals surface area (Å²) in [4.78, 5) is 0. The van der Waals surface area contributed by atoms with E-state index in [0.29, 0.717) is 5.75 Å². The van der Waals surface area contributed by atoms with Crippen molar-refractivity contribution in [1.82, 2.24) is 0 Å². The lowest BCUT2D eigenvalue weighted by molar-refractivity contribution is 0.464. The Morgan fingerprint density at radius 2 is 1.27 bits per heavy atom. The molecule has 0 fully saturated rings. The van der Waals surface area contributed by atoms with E-state index in [1.807, 2.05) is 6.07 Å². The molecule has 0 saturated carbocycles. The molecule has 0 spiro atoms. The zero-order chi connectivity index (χ0) is 16.2. The molecule has 0 heterocycles. The second-order valence-electron chi connectivity index (χ2n) is 6.57. The third-order valence-electron chi connectivity index (χ3n) is 4.55. The van der Waals surface area contributed by atoms with Crippen molar-refractivity contribution >= 4 is 0 Å². The molecule has 0 atom stereocenters. The normalized spacial score (nSPS) is 11.0. The van der Waals surface area contributed by atoms with Gasteiger partial charge in [-0.1, -0.05) is 78.2 Å². The van der Waals surface area contributed by atoms with Crippen molar-refractivity contribution in [1.29, 1.82) is 0 Å². The van der Waals surface area contributed by atoms with Gasteiger partial charge in [0, 0.05) is 0 Å². The van der Waals surface area contributed by atoms with Crippen LogP contribution in [0, 0.1) is 0 Å². The number of aromatic hydroxyl groups is 1. The molecule has 0 radical (unpaired) electrons. The Hall–Kier alpha value is -0.980. The van der Waals surface area contributed by atoms with Crippen molar-refractivity contribution in [2.24, 2.45) is 0 Å². The van der Waals surface area contributed by atoms with Gasteiger partial charge in [0.05, 0.1) is 0 Å². The van der Waals surface area contributed by atoms with Crippen LogP contribution in [0.3, 0.4) is 0 Å². The van der Waals surface area contributed by atoms with Gasteiger partial charge in [0.15, 0.2) is 0 Å². The first kappa shape index (κ1) is 19.1. The second kappa shape index (κ2) is 11.6. The molecule has 0 bridgehead atoms. The predicted octanol–water partition coefficient (Wildman–Crippen LogP) is 6.59. The summed E-state index contributed by atoms with van der Waals surface area (Å²) < 4.78 is 0. The lowest BCUT2D eigenvalue weighted by atomic mass is 9.91. The zero-order valence-corrected chi connectivity index (χ0v) is 15.1. The van der Waals surface area contributed by atoms with Crippen LogP contribution >= 0.6 is 0 Å². The smallest absolute Gasteiger partial charge is 0.119 e. The third kappa shape index (κ3) is 6.42. The van der Waals surface area contributed by atoms with E-state index in [0.717, 1.165) is 25.7 Å². The minimum atomic E-state index is 0.522. The van der Waals surface area contributed by atoms with E-state index in [2.05, 4.69) is 26.8 Å². The summed E-state index contributed by atoms with van der Waals surface area (Å²) in [7, 11) is 0. The molecule has 0 aliphatic rings. The Bertz CT molecular complexity index is 409. The highest BCUT2D eigenvalue weighted by Crippen LogP contribution is 2.28. The van der Waals surface area contributed by atoms with Gasteiger partial charge in [-0.05, 0) is 48.4 Å². The van der Waals surface area contributed by atoms with Crippen molar-refractivity contribution in [2.45, 2.75) is 97.8 Å². The monoisotopic (exact) mass is 304 g/mol. The zero-order valence-electron chi connectivity index (χ0n) is 15.1. The van der Waals surface area contributed by atoms with Crippen LogP contribution in [0.25, 0.3) is 0 Å². The van der Waals surface area contributed by atoms with Crippen molar-refractivity contribution in [3.8, 4) is 5.75 Å². The van der Waals surface area contributed by atoms with Crippen LogP contribution in [0.5, 0.6) is 5.75 Å². The van der Waals surface area contributed by atoms with Gasteiger partial charge >= 0.3 is 0 Å². The average molecular weight is 305 g/mol. The average Bonchev–Trinajstić information content (AvgIpc) is 2.51. The highest BCUT2D eigenvalue weighted by Gasteiger charge is 2.11. The minimum absolute atomic E-state index is 0.522. The lowest BCUT2D eigenvalue weighted by Crippen LogP contribution is -2.01. The van der Waals surface area contributed by atoms with E-state index in [1.54, 1.807) is 0 Å². The Labute approximate surface area is 138 Å². The molecule has 0 saturated heterocycles. The number of benzene rings is 1. The maximum absolute atomic E-state index is 10.3. The summed E-state index contributed by atoms with van der Waals surface area (Å²) in [5.41, 5.74) is 4.14. The summed E-state index contributed by atoms with van der Waals surface area (Å²) >= 11 is 0. The van der Waals surface area contributed by atoms with Gasteiger partial charge in [-0.2, -0.15) is 0 Å². The van der Waals surface area contributed by atoms with Gasteiger partial charge in [0.25, 0.3) is 0 Å². The Balaban J connectivity index is 2.58. The first-order chi connectivity index (χ1) is 10.7. The van der Waals surface area contributed by atoms with Gasteiger partial charge in [-0.15, -0.1) is 0 Å². The summed E-state index contributed by atoms with van der Waals surface area (Å²) in [6.07, 6.45) is 14.9. The van der Waals surface area contributed by atoms with Crippen LogP contribution < -0.4 is 0 Å². The van der Waals surface area contributed by atoms with E-state index in [4.69, 9.17) is 0 Å². The number of phenolic OH excluding ortho intramolecular Hbond substituents is 1. The molecule has 0 unspecified atom stereocenters. The minimum Gasteiger partial charge on any atom is -0.508 e. The van der Waals surface area contributed by atoms with Gasteiger partial charge in [0.1, 0.15) is 5.75 Å². The largest absolute Gasteiger partial charge is 0.508 e. The standard InChI is InChI=1S/C21H36O/c1-4-7-8-9-10-11-12-15-20-19(14-6-3)18(13-5-2)16-17-21(20)22/h16-17,22H,4-15H2,1-3H3. The van der Waals surface area contributed by atoms with Crippen molar-refractivity contribution in [3.05, 3.63) is 28.8 Å². The molecule has 0 amide bonds. The third-order valence-corrected chi connectivity index (χ3v) is 4.55. The van der Waals surface area contributed by atoms with Crippen LogP contribution in [-0.4, -0.2) is 5.11 Å². The summed E-state index contributed by atoms with van der Waals surface area (Å²) in [5, 5.41) is 10.3. The first-order valence-electron chi connectivity index (χ1n) is 9.57. The quantitative estimate of drug-likeness (QED) is 0.432. The Morgan fingerprint density at radius 3 is 1.91 bits per heavy atom. The van der Waals surface area contributed by atoms with Gasteiger partial charge < -0.3 is 5.11 Å². The topological polar surface area (TPSA) is 20.2 Å². The summed E-state index contributed by atoms with van der Waals surface area (Å²) in [5.74, 6) is 0.522. The number of phenols is 1. The maximum atomic E-state index is 10.3. The van der Waals surface area contributed by atoms with Crippen molar-refractivity contribution in [3.63, 3.8) is 0 Å². The maximum Gasteiger partial charge on any atom is 0.119 e. The fourth-order valence-corrected chi connectivity index (χ4v) is 3.33. The van der Waals surface area contributed by atoms with Gasteiger partial charge in [0.2, 0.25) is 0 Å². The number of hydrogen-bond acceptors (Lipinski definition) is 1. The number of unbranched alkanes of at least 4 members (excludes halogenated alkanes) is 6. The van der Waals surface area contributed by atoms with Crippen LogP contribution in [0.2, 0.25) is 0 Å². The van der Waals surface area contributed by atoms with E-state index in [-0.39, 0.29) is 0 Å². The van der Waals surface area contributed by atoms with Crippen LogP contribution in [0.4, 0.5) is 0 Å². The summed E-state index contributed by atoms with van der Waals surface area (Å²) in [6.45, 7) is 6.73. The molecule has 0 aromatic heterocycles. The fourth-order valence-electron chi connectivity index (χ4n) is 3.33. The molecule has 126 valence electrons. The molecule has 1 N–H and O–H groups in total. The number of hydrogen-bond donors (Lipinski definition) is 1. The van der Waals surface area contributed by atoms with Crippen LogP contribution in [0.15, 0.2) is 12.1 Å². The Kier molecular flexibility index (Phi) is 10.0. The SMILES string of the molecule is CCCCCCCCCc1c(O)ccc(CCC)c1CCC. The van der Waals surface area contributed by atoms with Gasteiger partial charge in [-0.3, -0.25) is 0 Å². The molecule has 1 heteroatoms. The highest BCUT2D eigenvalue weighted by atomic mass is 16.3. The predicted molar refractivity (Wildman–Crippen MR) is 97.8 cm³/mol. The molecule has 1 nitrogen and oxygen atoms in total. The molecule has 22 heavy (non-hydrogen) atoms. The van der Waals surface area contributed by atoms with Crippen LogP contribution in [-0.2, 0) is 19.3 Å².